The Hall–Kier alpha value is -0.540. The minimum absolute atomic E-state index is 0.198. The van der Waals surface area contributed by atoms with Gasteiger partial charge in [-0.1, -0.05) is 26.8 Å². The summed E-state index contributed by atoms with van der Waals surface area (Å²) in [5.41, 5.74) is 8.30. The SMILES string of the molecule is Cc1cc(CC(C)N)cnc1SC(C)C(C)C. The summed E-state index contributed by atoms with van der Waals surface area (Å²) >= 11 is 1.86. The molecule has 0 bridgehead atoms. The standard InChI is InChI=1S/C14H24N2S/c1-9(2)12(5)17-14-10(3)6-13(8-16-14)7-11(4)15/h6,8-9,11-12H,7,15H2,1-5H3. The van der Waals surface area contributed by atoms with Crippen LogP contribution in [-0.2, 0) is 6.42 Å². The van der Waals surface area contributed by atoms with Crippen LogP contribution in [0.5, 0.6) is 0 Å². The topological polar surface area (TPSA) is 38.9 Å². The van der Waals surface area contributed by atoms with Gasteiger partial charge in [-0.2, -0.15) is 0 Å². The summed E-state index contributed by atoms with van der Waals surface area (Å²) < 4.78 is 0. The average Bonchev–Trinajstić information content (AvgIpc) is 2.20. The molecule has 0 radical (unpaired) electrons. The van der Waals surface area contributed by atoms with E-state index in [2.05, 4.69) is 38.7 Å². The Morgan fingerprint density at radius 2 is 1.94 bits per heavy atom. The molecule has 1 rings (SSSR count). The van der Waals surface area contributed by atoms with Gasteiger partial charge in [-0.15, -0.1) is 11.8 Å². The molecule has 1 aromatic rings. The van der Waals surface area contributed by atoms with Gasteiger partial charge in [-0.25, -0.2) is 4.98 Å². The number of pyridine rings is 1. The van der Waals surface area contributed by atoms with Gasteiger partial charge in [-0.05, 0) is 37.3 Å². The van der Waals surface area contributed by atoms with Crippen LogP contribution in [0.1, 0.15) is 38.8 Å². The molecule has 0 fully saturated rings. The van der Waals surface area contributed by atoms with E-state index in [-0.39, 0.29) is 6.04 Å². The molecule has 0 aliphatic rings. The molecule has 0 saturated heterocycles. The Morgan fingerprint density at radius 3 is 2.41 bits per heavy atom. The minimum atomic E-state index is 0.198. The fourth-order valence-electron chi connectivity index (χ4n) is 1.54. The summed E-state index contributed by atoms with van der Waals surface area (Å²) in [7, 11) is 0. The monoisotopic (exact) mass is 252 g/mol. The van der Waals surface area contributed by atoms with Crippen LogP contribution in [0.15, 0.2) is 17.3 Å². The van der Waals surface area contributed by atoms with E-state index in [1.54, 1.807) is 0 Å². The zero-order valence-corrected chi connectivity index (χ0v) is 12.3. The molecule has 0 aliphatic heterocycles. The number of hydrogen-bond donors (Lipinski definition) is 1. The van der Waals surface area contributed by atoms with Gasteiger partial charge in [0, 0.05) is 17.5 Å². The highest BCUT2D eigenvalue weighted by atomic mass is 32.2. The number of aryl methyl sites for hydroxylation is 1. The molecule has 0 aromatic carbocycles. The van der Waals surface area contributed by atoms with Gasteiger partial charge < -0.3 is 5.73 Å². The quantitative estimate of drug-likeness (QED) is 0.816. The molecular weight excluding hydrogens is 228 g/mol. The van der Waals surface area contributed by atoms with Crippen LogP contribution in [0.25, 0.3) is 0 Å². The Morgan fingerprint density at radius 1 is 1.29 bits per heavy atom. The van der Waals surface area contributed by atoms with Crippen molar-refractivity contribution < 1.29 is 0 Å². The third kappa shape index (κ3) is 4.68. The Bertz CT molecular complexity index is 361. The van der Waals surface area contributed by atoms with Crippen LogP contribution in [0.3, 0.4) is 0 Å². The van der Waals surface area contributed by atoms with Gasteiger partial charge in [0.15, 0.2) is 0 Å². The van der Waals surface area contributed by atoms with E-state index >= 15 is 0 Å². The van der Waals surface area contributed by atoms with Crippen molar-refractivity contribution >= 4 is 11.8 Å². The molecule has 0 aliphatic carbocycles. The van der Waals surface area contributed by atoms with Crippen molar-refractivity contribution in [3.63, 3.8) is 0 Å². The average molecular weight is 252 g/mol. The van der Waals surface area contributed by atoms with Gasteiger partial charge in [0.25, 0.3) is 0 Å². The van der Waals surface area contributed by atoms with E-state index in [9.17, 15) is 0 Å². The molecule has 3 heteroatoms. The molecule has 0 amide bonds. The molecule has 0 spiro atoms. The van der Waals surface area contributed by atoms with Crippen molar-refractivity contribution in [3.8, 4) is 0 Å². The fraction of sp³-hybridized carbons (Fsp3) is 0.643. The molecule has 17 heavy (non-hydrogen) atoms. The molecule has 2 nitrogen and oxygen atoms in total. The Labute approximate surface area is 109 Å². The summed E-state index contributed by atoms with van der Waals surface area (Å²) in [6.07, 6.45) is 2.87. The van der Waals surface area contributed by atoms with Crippen molar-refractivity contribution in [1.82, 2.24) is 4.98 Å². The molecule has 2 atom stereocenters. The molecule has 1 aromatic heterocycles. The fourth-order valence-corrected chi connectivity index (χ4v) is 2.52. The summed E-state index contributed by atoms with van der Waals surface area (Å²) in [6.45, 7) is 10.9. The Balaban J connectivity index is 2.76. The van der Waals surface area contributed by atoms with E-state index in [0.29, 0.717) is 11.2 Å². The van der Waals surface area contributed by atoms with Crippen LogP contribution >= 0.6 is 11.8 Å². The predicted molar refractivity (Wildman–Crippen MR) is 76.5 cm³/mol. The van der Waals surface area contributed by atoms with Gasteiger partial charge in [0.05, 0.1) is 5.03 Å². The summed E-state index contributed by atoms with van der Waals surface area (Å²) in [4.78, 5) is 4.56. The third-order valence-corrected chi connectivity index (χ3v) is 4.45. The lowest BCUT2D eigenvalue weighted by Crippen LogP contribution is -2.18. The van der Waals surface area contributed by atoms with Crippen molar-refractivity contribution in [2.24, 2.45) is 11.7 Å². The number of nitrogens with zero attached hydrogens (tertiary/aromatic N) is 1. The number of hydrogen-bond acceptors (Lipinski definition) is 3. The van der Waals surface area contributed by atoms with E-state index in [4.69, 9.17) is 5.73 Å². The first-order valence-electron chi connectivity index (χ1n) is 6.28. The van der Waals surface area contributed by atoms with E-state index < -0.39 is 0 Å². The minimum Gasteiger partial charge on any atom is -0.328 e. The van der Waals surface area contributed by atoms with E-state index in [1.807, 2.05) is 24.9 Å². The van der Waals surface area contributed by atoms with Crippen LogP contribution in [-0.4, -0.2) is 16.3 Å². The van der Waals surface area contributed by atoms with Crippen LogP contribution < -0.4 is 5.73 Å². The molecule has 2 unspecified atom stereocenters. The second-order valence-electron chi connectivity index (χ2n) is 5.21. The lowest BCUT2D eigenvalue weighted by atomic mass is 10.1. The van der Waals surface area contributed by atoms with Crippen LogP contribution in [0.4, 0.5) is 0 Å². The summed E-state index contributed by atoms with van der Waals surface area (Å²) in [5, 5.41) is 1.75. The smallest absolute Gasteiger partial charge is 0.0991 e. The van der Waals surface area contributed by atoms with Crippen molar-refractivity contribution in [2.75, 3.05) is 0 Å². The summed E-state index contributed by atoms with van der Waals surface area (Å²) in [5.74, 6) is 0.671. The van der Waals surface area contributed by atoms with E-state index in [1.165, 1.54) is 11.1 Å². The first-order chi connectivity index (χ1) is 7.90. The second kappa shape index (κ2) is 6.41. The maximum Gasteiger partial charge on any atom is 0.0991 e. The largest absolute Gasteiger partial charge is 0.328 e. The predicted octanol–water partition coefficient (Wildman–Crippen LogP) is 3.42. The van der Waals surface area contributed by atoms with Gasteiger partial charge >= 0.3 is 0 Å². The molecular formula is C14H24N2S. The lowest BCUT2D eigenvalue weighted by Gasteiger charge is -2.16. The second-order valence-corrected chi connectivity index (χ2v) is 6.58. The highest BCUT2D eigenvalue weighted by molar-refractivity contribution is 7.99. The molecule has 0 saturated carbocycles. The van der Waals surface area contributed by atoms with Crippen molar-refractivity contribution in [3.05, 3.63) is 23.4 Å². The van der Waals surface area contributed by atoms with Gasteiger partial charge in [0.1, 0.15) is 0 Å². The number of nitrogens with two attached hydrogens (primary N) is 1. The first-order valence-corrected chi connectivity index (χ1v) is 7.16. The maximum atomic E-state index is 5.80. The molecule has 96 valence electrons. The van der Waals surface area contributed by atoms with Crippen molar-refractivity contribution in [1.29, 1.82) is 0 Å². The number of aromatic nitrogens is 1. The first kappa shape index (κ1) is 14.5. The van der Waals surface area contributed by atoms with Crippen molar-refractivity contribution in [2.45, 2.75) is 57.4 Å². The zero-order chi connectivity index (χ0) is 13.0. The lowest BCUT2D eigenvalue weighted by molar-refractivity contribution is 0.641. The molecule has 2 N–H and O–H groups in total. The van der Waals surface area contributed by atoms with Crippen LogP contribution in [0, 0.1) is 12.8 Å². The number of rotatable bonds is 5. The zero-order valence-electron chi connectivity index (χ0n) is 11.5. The summed E-state index contributed by atoms with van der Waals surface area (Å²) in [6, 6.07) is 2.41. The molecule has 1 heterocycles. The van der Waals surface area contributed by atoms with Gasteiger partial charge in [0.2, 0.25) is 0 Å². The third-order valence-electron chi connectivity index (χ3n) is 2.88. The maximum absolute atomic E-state index is 5.80. The Kier molecular flexibility index (Phi) is 5.47. The van der Waals surface area contributed by atoms with Gasteiger partial charge in [-0.3, -0.25) is 0 Å². The van der Waals surface area contributed by atoms with Crippen LogP contribution in [0.2, 0.25) is 0 Å². The highest BCUT2D eigenvalue weighted by Gasteiger charge is 2.12. The van der Waals surface area contributed by atoms with E-state index in [0.717, 1.165) is 11.4 Å². The number of thioether (sulfide) groups is 1. The normalized spacial score (nSPS) is 15.0. The highest BCUT2D eigenvalue weighted by Crippen LogP contribution is 2.28.